The lowest BCUT2D eigenvalue weighted by Gasteiger charge is -2.14. The molecule has 0 saturated carbocycles. The number of anilines is 1. The maximum atomic E-state index is 11.7. The lowest BCUT2D eigenvalue weighted by atomic mass is 10.1. The molecule has 0 radical (unpaired) electrons. The summed E-state index contributed by atoms with van der Waals surface area (Å²) >= 11 is 0. The van der Waals surface area contributed by atoms with Gasteiger partial charge in [-0.1, -0.05) is 5.75 Å². The van der Waals surface area contributed by atoms with Crippen molar-refractivity contribution in [2.24, 2.45) is 0 Å². The molecule has 0 amide bonds. The summed E-state index contributed by atoms with van der Waals surface area (Å²) in [5, 5.41) is 37.5. The number of hydrogen-bond donors (Lipinski definition) is 3. The van der Waals surface area contributed by atoms with Gasteiger partial charge in [-0.05, 0) is 18.2 Å². The van der Waals surface area contributed by atoms with E-state index in [1.807, 2.05) is 0 Å². The van der Waals surface area contributed by atoms with Gasteiger partial charge in [0, 0.05) is 5.39 Å². The van der Waals surface area contributed by atoms with Gasteiger partial charge < -0.3 is 14.6 Å². The number of benzene rings is 1. The molecule has 0 spiro atoms. The van der Waals surface area contributed by atoms with E-state index >= 15 is 0 Å². The summed E-state index contributed by atoms with van der Waals surface area (Å²) in [4.78, 5) is 22.0. The van der Waals surface area contributed by atoms with E-state index in [-0.39, 0.29) is 21.9 Å². The van der Waals surface area contributed by atoms with Crippen molar-refractivity contribution in [2.75, 3.05) is 5.23 Å². The zero-order valence-corrected chi connectivity index (χ0v) is 8.65. The summed E-state index contributed by atoms with van der Waals surface area (Å²) in [5.74, 6) is -2.75. The Morgan fingerprint density at radius 3 is 2.56 bits per heavy atom. The monoisotopic (exact) mass is 252 g/mol. The van der Waals surface area contributed by atoms with Gasteiger partial charge >= 0.3 is 11.6 Å². The van der Waals surface area contributed by atoms with E-state index in [0.29, 0.717) is 0 Å². The molecule has 1 aromatic heterocycles. The minimum atomic E-state index is -1.70. The largest absolute Gasteiger partial charge is 0.871 e. The highest BCUT2D eigenvalue weighted by atomic mass is 16.8. The summed E-state index contributed by atoms with van der Waals surface area (Å²) in [6, 6.07) is 3.32. The molecule has 0 saturated heterocycles. The van der Waals surface area contributed by atoms with E-state index in [1.165, 1.54) is 6.07 Å². The molecular formula is C10H6NO7-. The minimum Gasteiger partial charge on any atom is -0.871 e. The van der Waals surface area contributed by atoms with E-state index in [0.717, 1.165) is 12.1 Å². The van der Waals surface area contributed by atoms with Crippen LogP contribution in [0.2, 0.25) is 0 Å². The molecule has 0 unspecified atom stereocenters. The van der Waals surface area contributed by atoms with Crippen molar-refractivity contribution in [3.8, 4) is 5.75 Å². The Morgan fingerprint density at radius 1 is 1.33 bits per heavy atom. The quantitative estimate of drug-likeness (QED) is 0.507. The highest BCUT2D eigenvalue weighted by molar-refractivity contribution is 5.97. The van der Waals surface area contributed by atoms with Crippen LogP contribution in [0.15, 0.2) is 27.4 Å². The Hall–Kier alpha value is -2.58. The van der Waals surface area contributed by atoms with Gasteiger partial charge in [0.25, 0.3) is 0 Å². The maximum absolute atomic E-state index is 11.7. The predicted molar refractivity (Wildman–Crippen MR) is 54.9 cm³/mol. The normalized spacial score (nSPS) is 10.6. The van der Waals surface area contributed by atoms with Gasteiger partial charge in [-0.25, -0.2) is 9.59 Å². The standard InChI is InChI=1S/C10H7NO7/c12-8-5-3-4(11(16)17)1-2-6(5)18-10(15)7(8)9(13)14/h1-3,12,16-17H,(H,13,14)/p-1. The molecule has 0 aliphatic carbocycles. The predicted octanol–water partition coefficient (Wildman–Crippen LogP) is 0.150. The molecule has 0 atom stereocenters. The van der Waals surface area contributed by atoms with Crippen molar-refractivity contribution < 1.29 is 29.8 Å². The van der Waals surface area contributed by atoms with Crippen LogP contribution in [0, 0.1) is 0 Å². The number of fused-ring (bicyclic) bond motifs is 1. The number of nitrogens with zero attached hydrogens (tertiary/aromatic N) is 1. The molecule has 0 fully saturated rings. The van der Waals surface area contributed by atoms with E-state index in [9.17, 15) is 14.7 Å². The summed E-state index contributed by atoms with van der Waals surface area (Å²) in [6.07, 6.45) is 0. The number of carbonyl (C=O) groups is 1. The Bertz CT molecular complexity index is 688. The van der Waals surface area contributed by atoms with E-state index in [4.69, 9.17) is 15.5 Å². The van der Waals surface area contributed by atoms with Gasteiger partial charge in [0.1, 0.15) is 11.1 Å². The minimum absolute atomic E-state index is 0.138. The number of rotatable bonds is 2. The first-order chi connectivity index (χ1) is 8.41. The van der Waals surface area contributed by atoms with Crippen molar-refractivity contribution in [1.29, 1.82) is 0 Å². The highest BCUT2D eigenvalue weighted by Crippen LogP contribution is 2.27. The molecule has 8 nitrogen and oxygen atoms in total. The molecule has 2 rings (SSSR count). The fourth-order valence-corrected chi connectivity index (χ4v) is 1.47. The molecule has 1 aromatic carbocycles. The van der Waals surface area contributed by atoms with Gasteiger partial charge in [0.15, 0.2) is 0 Å². The van der Waals surface area contributed by atoms with Crippen molar-refractivity contribution >= 4 is 22.6 Å². The van der Waals surface area contributed by atoms with Gasteiger partial charge in [-0.3, -0.25) is 10.4 Å². The molecule has 0 aliphatic heterocycles. The smallest absolute Gasteiger partial charge is 0.350 e. The summed E-state index contributed by atoms with van der Waals surface area (Å²) in [5.41, 5.74) is -2.59. The van der Waals surface area contributed by atoms with Crippen molar-refractivity contribution in [2.45, 2.75) is 0 Å². The molecule has 18 heavy (non-hydrogen) atoms. The first kappa shape index (κ1) is 11.9. The second kappa shape index (κ2) is 4.02. The third kappa shape index (κ3) is 1.75. The third-order valence-corrected chi connectivity index (χ3v) is 2.29. The SMILES string of the molecule is O=C(O)c1c([O-])c2cc(N(O)O)ccc2oc1=O. The maximum Gasteiger partial charge on any atom is 0.350 e. The average Bonchev–Trinajstić information content (AvgIpc) is 2.27. The van der Waals surface area contributed by atoms with Crippen LogP contribution >= 0.6 is 0 Å². The molecule has 0 aliphatic rings. The molecule has 0 bridgehead atoms. The van der Waals surface area contributed by atoms with Crippen LogP contribution in [-0.2, 0) is 0 Å². The van der Waals surface area contributed by atoms with Gasteiger partial charge in [-0.15, -0.1) is 5.23 Å². The first-order valence-electron chi connectivity index (χ1n) is 4.61. The summed E-state index contributed by atoms with van der Waals surface area (Å²) in [6.45, 7) is 0. The van der Waals surface area contributed by atoms with Gasteiger partial charge in [-0.2, -0.15) is 0 Å². The zero-order chi connectivity index (χ0) is 13.4. The lowest BCUT2D eigenvalue weighted by molar-refractivity contribution is -0.266. The van der Waals surface area contributed by atoms with Crippen molar-refractivity contribution in [3.63, 3.8) is 0 Å². The molecule has 2 aromatic rings. The lowest BCUT2D eigenvalue weighted by Crippen LogP contribution is -2.17. The number of carboxylic acid groups (broad SMARTS) is 1. The van der Waals surface area contributed by atoms with E-state index < -0.39 is 22.9 Å². The van der Waals surface area contributed by atoms with E-state index in [1.54, 1.807) is 0 Å². The second-order valence-electron chi connectivity index (χ2n) is 3.37. The fourth-order valence-electron chi connectivity index (χ4n) is 1.47. The van der Waals surface area contributed by atoms with E-state index in [2.05, 4.69) is 4.42 Å². The summed E-state index contributed by atoms with van der Waals surface area (Å²) in [7, 11) is 0. The van der Waals surface area contributed by atoms with Crippen LogP contribution in [0.5, 0.6) is 5.75 Å². The van der Waals surface area contributed by atoms with Crippen molar-refractivity contribution in [3.05, 3.63) is 34.2 Å². The number of carboxylic acids is 1. The molecular weight excluding hydrogens is 246 g/mol. The Labute approximate surface area is 98.5 Å². The van der Waals surface area contributed by atoms with Gasteiger partial charge in [0.2, 0.25) is 0 Å². The van der Waals surface area contributed by atoms with Crippen LogP contribution < -0.4 is 16.0 Å². The zero-order valence-electron chi connectivity index (χ0n) is 8.65. The van der Waals surface area contributed by atoms with Crippen LogP contribution in [0.25, 0.3) is 11.0 Å². The molecule has 94 valence electrons. The van der Waals surface area contributed by atoms with Crippen LogP contribution in [-0.4, -0.2) is 21.5 Å². The van der Waals surface area contributed by atoms with Crippen LogP contribution in [0.4, 0.5) is 5.69 Å². The van der Waals surface area contributed by atoms with Crippen molar-refractivity contribution in [1.82, 2.24) is 0 Å². The molecule has 8 heteroatoms. The highest BCUT2D eigenvalue weighted by Gasteiger charge is 2.15. The fraction of sp³-hybridized carbons (Fsp3) is 0. The molecule has 3 N–H and O–H groups in total. The van der Waals surface area contributed by atoms with Crippen LogP contribution in [0.3, 0.4) is 0 Å². The average molecular weight is 252 g/mol. The summed E-state index contributed by atoms with van der Waals surface area (Å²) < 4.78 is 4.65. The number of aromatic carboxylic acids is 1. The van der Waals surface area contributed by atoms with Gasteiger partial charge in [0.05, 0.1) is 5.69 Å². The Kier molecular flexibility index (Phi) is 2.66. The second-order valence-corrected chi connectivity index (χ2v) is 3.37. The molecule has 1 heterocycles. The first-order valence-corrected chi connectivity index (χ1v) is 4.61. The Balaban J connectivity index is 2.85. The number of hydrogen-bond acceptors (Lipinski definition) is 7. The Morgan fingerprint density at radius 2 is 2.00 bits per heavy atom. The van der Waals surface area contributed by atoms with Crippen LogP contribution in [0.1, 0.15) is 10.4 Å². The third-order valence-electron chi connectivity index (χ3n) is 2.29. The topological polar surface area (TPSA) is 134 Å².